The summed E-state index contributed by atoms with van der Waals surface area (Å²) in [5.74, 6) is -0.357. The molecule has 1 aliphatic rings. The lowest BCUT2D eigenvalue weighted by atomic mass is 10.1. The number of hydrogen-bond acceptors (Lipinski definition) is 4. The van der Waals surface area contributed by atoms with Crippen molar-refractivity contribution in [3.8, 4) is 0 Å². The number of piperazine rings is 1. The van der Waals surface area contributed by atoms with Gasteiger partial charge in [-0.3, -0.25) is 4.90 Å². The van der Waals surface area contributed by atoms with Gasteiger partial charge in [-0.2, -0.15) is 0 Å². The molecule has 1 unspecified atom stereocenters. The maximum Gasteiger partial charge on any atom is 0.337 e. The van der Waals surface area contributed by atoms with Gasteiger partial charge in [0.25, 0.3) is 0 Å². The maximum atomic E-state index is 11.4. The number of carbonyl (C=O) groups excluding carboxylic acids is 1. The first kappa shape index (κ1) is 20.5. The summed E-state index contributed by atoms with van der Waals surface area (Å²) in [5.41, 5.74) is 1.54. The van der Waals surface area contributed by atoms with E-state index in [9.17, 15) is 4.79 Å². The minimum Gasteiger partial charge on any atom is -0.465 e. The van der Waals surface area contributed by atoms with Crippen LogP contribution >= 0.6 is 36.4 Å². The van der Waals surface area contributed by atoms with Crippen LogP contribution in [0.15, 0.2) is 18.2 Å². The van der Waals surface area contributed by atoms with E-state index in [1.54, 1.807) is 12.1 Å². The quantitative estimate of drug-likeness (QED) is 0.847. The summed E-state index contributed by atoms with van der Waals surface area (Å²) < 4.78 is 4.68. The summed E-state index contributed by atoms with van der Waals surface area (Å²) in [6.45, 7) is 6.01. The number of benzene rings is 1. The highest BCUT2D eigenvalue weighted by atomic mass is 35.5. The van der Waals surface area contributed by atoms with Gasteiger partial charge in [-0.1, -0.05) is 17.7 Å². The molecule has 0 aromatic heterocycles. The second kappa shape index (κ2) is 9.49. The summed E-state index contributed by atoms with van der Waals surface area (Å²) in [7, 11) is 1.37. The standard InChI is InChI=1S/C14H19ClN2O2.2ClH/c1-10-8-17(6-5-16-10)9-12-4-3-11(7-13(12)15)14(18)19-2;;/h3-4,7,10,16H,5-6,8-9H2,1-2H3;2*1H. The minimum absolute atomic E-state index is 0. The van der Waals surface area contributed by atoms with Gasteiger partial charge in [-0.05, 0) is 24.6 Å². The third kappa shape index (κ3) is 5.64. The zero-order chi connectivity index (χ0) is 13.8. The Balaban J connectivity index is 0.00000200. The Morgan fingerprint density at radius 1 is 1.48 bits per heavy atom. The molecule has 1 saturated heterocycles. The molecular formula is C14H21Cl3N2O2. The van der Waals surface area contributed by atoms with Crippen molar-refractivity contribution in [2.75, 3.05) is 26.7 Å². The molecule has 0 spiro atoms. The topological polar surface area (TPSA) is 41.6 Å². The highest BCUT2D eigenvalue weighted by Gasteiger charge is 2.17. The lowest BCUT2D eigenvalue weighted by Crippen LogP contribution is -2.48. The lowest BCUT2D eigenvalue weighted by molar-refractivity contribution is 0.0600. The molecule has 1 fully saturated rings. The molecule has 21 heavy (non-hydrogen) atoms. The Labute approximate surface area is 143 Å². The fourth-order valence-corrected chi connectivity index (χ4v) is 2.56. The van der Waals surface area contributed by atoms with Crippen molar-refractivity contribution in [3.05, 3.63) is 34.3 Å². The van der Waals surface area contributed by atoms with E-state index in [4.69, 9.17) is 11.6 Å². The zero-order valence-electron chi connectivity index (χ0n) is 12.1. The number of methoxy groups -OCH3 is 1. The number of hydrogen-bond donors (Lipinski definition) is 1. The number of nitrogens with one attached hydrogen (secondary N) is 1. The first-order chi connectivity index (χ1) is 9.10. The molecular weight excluding hydrogens is 335 g/mol. The summed E-state index contributed by atoms with van der Waals surface area (Å²) in [6.07, 6.45) is 0. The van der Waals surface area contributed by atoms with Crippen molar-refractivity contribution in [2.45, 2.75) is 19.5 Å². The average molecular weight is 356 g/mol. The van der Waals surface area contributed by atoms with Crippen LogP contribution in [0.3, 0.4) is 0 Å². The van der Waals surface area contributed by atoms with Gasteiger partial charge in [-0.25, -0.2) is 4.79 Å². The Bertz CT molecular complexity index is 472. The predicted molar refractivity (Wildman–Crippen MR) is 90.0 cm³/mol. The summed E-state index contributed by atoms with van der Waals surface area (Å²) in [5, 5.41) is 4.03. The molecule has 7 heteroatoms. The second-order valence-corrected chi connectivity index (χ2v) is 5.30. The third-order valence-electron chi connectivity index (χ3n) is 3.32. The van der Waals surface area contributed by atoms with Crippen LogP contribution in [0, 0.1) is 0 Å². The van der Waals surface area contributed by atoms with Gasteiger partial charge >= 0.3 is 5.97 Å². The van der Waals surface area contributed by atoms with Crippen LogP contribution in [0.5, 0.6) is 0 Å². The molecule has 120 valence electrons. The van der Waals surface area contributed by atoms with Crippen molar-refractivity contribution < 1.29 is 9.53 Å². The SMILES string of the molecule is COC(=O)c1ccc(CN2CCNC(C)C2)c(Cl)c1.Cl.Cl. The first-order valence-corrected chi connectivity index (χ1v) is 6.80. The van der Waals surface area contributed by atoms with Gasteiger partial charge < -0.3 is 10.1 Å². The monoisotopic (exact) mass is 354 g/mol. The van der Waals surface area contributed by atoms with E-state index in [1.165, 1.54) is 7.11 Å². The molecule has 1 atom stereocenters. The van der Waals surface area contributed by atoms with Gasteiger partial charge in [0.2, 0.25) is 0 Å². The number of rotatable bonds is 3. The molecule has 0 bridgehead atoms. The Kier molecular flexibility index (Phi) is 9.25. The molecule has 0 amide bonds. The molecule has 1 aromatic rings. The molecule has 1 aromatic carbocycles. The minimum atomic E-state index is -0.357. The Morgan fingerprint density at radius 3 is 2.76 bits per heavy atom. The number of carbonyl (C=O) groups is 1. The van der Waals surface area contributed by atoms with Crippen molar-refractivity contribution in [1.82, 2.24) is 10.2 Å². The van der Waals surface area contributed by atoms with Crippen molar-refractivity contribution >= 4 is 42.4 Å². The van der Waals surface area contributed by atoms with Crippen LogP contribution in [0.4, 0.5) is 0 Å². The lowest BCUT2D eigenvalue weighted by Gasteiger charge is -2.32. The number of halogens is 3. The largest absolute Gasteiger partial charge is 0.465 e. The summed E-state index contributed by atoms with van der Waals surface area (Å²) in [6, 6.07) is 5.84. The van der Waals surface area contributed by atoms with Gasteiger partial charge in [0.1, 0.15) is 0 Å². The van der Waals surface area contributed by atoms with Crippen molar-refractivity contribution in [1.29, 1.82) is 0 Å². The van der Waals surface area contributed by atoms with Crippen LogP contribution in [0.2, 0.25) is 5.02 Å². The van der Waals surface area contributed by atoms with Crippen LogP contribution in [0.25, 0.3) is 0 Å². The molecule has 0 aliphatic carbocycles. The molecule has 1 aliphatic heterocycles. The number of ether oxygens (including phenoxy) is 1. The molecule has 0 saturated carbocycles. The molecule has 0 radical (unpaired) electrons. The smallest absolute Gasteiger partial charge is 0.337 e. The van der Waals surface area contributed by atoms with E-state index >= 15 is 0 Å². The zero-order valence-corrected chi connectivity index (χ0v) is 14.5. The second-order valence-electron chi connectivity index (χ2n) is 4.89. The fourth-order valence-electron chi connectivity index (χ4n) is 2.32. The normalized spacial score (nSPS) is 18.3. The summed E-state index contributed by atoms with van der Waals surface area (Å²) in [4.78, 5) is 13.8. The van der Waals surface area contributed by atoms with Crippen LogP contribution < -0.4 is 5.32 Å². The fraction of sp³-hybridized carbons (Fsp3) is 0.500. The van der Waals surface area contributed by atoms with E-state index in [-0.39, 0.29) is 30.8 Å². The van der Waals surface area contributed by atoms with Gasteiger partial charge in [0.05, 0.1) is 12.7 Å². The van der Waals surface area contributed by atoms with Crippen LogP contribution in [-0.4, -0.2) is 43.7 Å². The summed E-state index contributed by atoms with van der Waals surface area (Å²) >= 11 is 6.24. The molecule has 4 nitrogen and oxygen atoms in total. The van der Waals surface area contributed by atoms with E-state index in [1.807, 2.05) is 6.07 Å². The van der Waals surface area contributed by atoms with E-state index in [0.717, 1.165) is 31.7 Å². The molecule has 2 rings (SSSR count). The number of nitrogens with zero attached hydrogens (tertiary/aromatic N) is 1. The van der Waals surface area contributed by atoms with Crippen molar-refractivity contribution in [3.63, 3.8) is 0 Å². The highest BCUT2D eigenvalue weighted by Crippen LogP contribution is 2.20. The maximum absolute atomic E-state index is 11.4. The highest BCUT2D eigenvalue weighted by molar-refractivity contribution is 6.31. The van der Waals surface area contributed by atoms with Gasteiger partial charge in [0, 0.05) is 37.2 Å². The molecule has 1 heterocycles. The van der Waals surface area contributed by atoms with Gasteiger partial charge in [-0.15, -0.1) is 24.8 Å². The first-order valence-electron chi connectivity index (χ1n) is 6.42. The Hall–Kier alpha value is -0.520. The van der Waals surface area contributed by atoms with Crippen LogP contribution in [-0.2, 0) is 11.3 Å². The van der Waals surface area contributed by atoms with E-state index in [0.29, 0.717) is 16.6 Å². The van der Waals surface area contributed by atoms with E-state index < -0.39 is 0 Å². The van der Waals surface area contributed by atoms with Crippen molar-refractivity contribution in [2.24, 2.45) is 0 Å². The Morgan fingerprint density at radius 2 is 2.19 bits per heavy atom. The number of esters is 1. The third-order valence-corrected chi connectivity index (χ3v) is 3.67. The molecule has 1 N–H and O–H groups in total. The average Bonchev–Trinajstić information content (AvgIpc) is 2.40. The van der Waals surface area contributed by atoms with Crippen LogP contribution in [0.1, 0.15) is 22.8 Å². The van der Waals surface area contributed by atoms with E-state index in [2.05, 4.69) is 21.9 Å². The van der Waals surface area contributed by atoms with Gasteiger partial charge in [0.15, 0.2) is 0 Å². The predicted octanol–water partition coefficient (Wildman–Crippen LogP) is 2.76.